The van der Waals surface area contributed by atoms with Gasteiger partial charge in [0.1, 0.15) is 0 Å². The number of rotatable bonds is 7. The molecule has 2 aromatic carbocycles. The number of anilines is 2. The van der Waals surface area contributed by atoms with Gasteiger partial charge in [0, 0.05) is 22.5 Å². The van der Waals surface area contributed by atoms with E-state index in [1.807, 2.05) is 38.1 Å². The Hall–Kier alpha value is -3.12. The molecule has 158 valence electrons. The molecule has 0 saturated heterocycles. The predicted molar refractivity (Wildman–Crippen MR) is 120 cm³/mol. The van der Waals surface area contributed by atoms with Crippen molar-refractivity contribution in [1.29, 1.82) is 0 Å². The maximum Gasteiger partial charge on any atom is 0.338 e. The van der Waals surface area contributed by atoms with E-state index in [4.69, 9.17) is 10.5 Å². The molecule has 3 rings (SSSR count). The monoisotopic (exact) mass is 407 g/mol. The molecule has 0 fully saturated rings. The Morgan fingerprint density at radius 2 is 1.83 bits per heavy atom. The van der Waals surface area contributed by atoms with E-state index in [0.29, 0.717) is 29.9 Å². The molecule has 0 radical (unpaired) electrons. The summed E-state index contributed by atoms with van der Waals surface area (Å²) < 4.78 is 5.05. The van der Waals surface area contributed by atoms with Crippen molar-refractivity contribution in [3.63, 3.8) is 0 Å². The number of carbonyl (C=O) groups is 2. The number of ether oxygens (including phenoxy) is 1. The van der Waals surface area contributed by atoms with Crippen LogP contribution in [0.3, 0.4) is 0 Å². The number of allylic oxidation sites excluding steroid dienone is 1. The van der Waals surface area contributed by atoms with Gasteiger partial charge in [0.25, 0.3) is 5.91 Å². The summed E-state index contributed by atoms with van der Waals surface area (Å²) in [5.74, 6) is -0.580. The van der Waals surface area contributed by atoms with Crippen molar-refractivity contribution in [2.75, 3.05) is 17.2 Å². The van der Waals surface area contributed by atoms with Crippen LogP contribution in [0.1, 0.15) is 62.0 Å². The molecule has 6 heteroatoms. The minimum Gasteiger partial charge on any atom is -0.462 e. The molecule has 0 bridgehead atoms. The minimum atomic E-state index is -0.413. The number of hydrogen-bond acceptors (Lipinski definition) is 5. The highest BCUT2D eigenvalue weighted by molar-refractivity contribution is 6.32. The van der Waals surface area contributed by atoms with E-state index in [-0.39, 0.29) is 5.91 Å². The number of hydrogen-bond donors (Lipinski definition) is 3. The maximum atomic E-state index is 12.8. The Balaban J connectivity index is 1.96. The molecule has 1 amide bonds. The first-order valence-corrected chi connectivity index (χ1v) is 10.3. The largest absolute Gasteiger partial charge is 0.462 e. The van der Waals surface area contributed by atoms with Crippen LogP contribution >= 0.6 is 0 Å². The second kappa shape index (κ2) is 8.71. The van der Waals surface area contributed by atoms with Gasteiger partial charge < -0.3 is 21.1 Å². The van der Waals surface area contributed by atoms with Gasteiger partial charge in [-0.15, -0.1) is 0 Å². The first-order chi connectivity index (χ1) is 14.2. The van der Waals surface area contributed by atoms with E-state index in [9.17, 15) is 9.59 Å². The van der Waals surface area contributed by atoms with Crippen molar-refractivity contribution in [3.8, 4) is 0 Å². The summed E-state index contributed by atoms with van der Waals surface area (Å²) in [5.41, 5.74) is 10.9. The average Bonchev–Trinajstić information content (AvgIpc) is 3.02. The zero-order valence-electron chi connectivity index (χ0n) is 18.0. The molecule has 6 nitrogen and oxygen atoms in total. The smallest absolute Gasteiger partial charge is 0.338 e. The Morgan fingerprint density at radius 1 is 1.13 bits per heavy atom. The van der Waals surface area contributed by atoms with Crippen molar-refractivity contribution in [2.24, 2.45) is 5.73 Å². The molecule has 4 N–H and O–H groups in total. The fourth-order valence-electron chi connectivity index (χ4n) is 3.47. The number of carbonyl (C=O) groups excluding carboxylic acids is 2. The molecule has 0 aliphatic carbocycles. The molecular weight excluding hydrogens is 378 g/mol. The average molecular weight is 408 g/mol. The zero-order valence-corrected chi connectivity index (χ0v) is 18.0. The summed E-state index contributed by atoms with van der Waals surface area (Å²) in [6.07, 6.45) is 1.59. The van der Waals surface area contributed by atoms with Crippen LogP contribution in [-0.4, -0.2) is 18.5 Å². The number of amides is 1. The van der Waals surface area contributed by atoms with Crippen LogP contribution in [0, 0.1) is 0 Å². The van der Waals surface area contributed by atoms with Gasteiger partial charge in [-0.3, -0.25) is 4.79 Å². The van der Waals surface area contributed by atoms with E-state index in [2.05, 4.69) is 17.6 Å². The summed E-state index contributed by atoms with van der Waals surface area (Å²) >= 11 is 0. The standard InChI is InChI=1S/C24H29N3O3/c1-5-7-19(26-17-11-9-16(10-12-17)24(3,4)25)21-18-13-8-15(23(29)30-6-2)14-20(18)27-22(21)28/h8-14,26H,5-7,25H2,1-4H3,(H,27,28). The molecule has 0 spiro atoms. The fourth-order valence-corrected chi connectivity index (χ4v) is 3.47. The number of benzene rings is 2. The van der Waals surface area contributed by atoms with Gasteiger partial charge >= 0.3 is 5.97 Å². The summed E-state index contributed by atoms with van der Waals surface area (Å²) in [4.78, 5) is 24.8. The number of fused-ring (bicyclic) bond motifs is 1. The van der Waals surface area contributed by atoms with Crippen molar-refractivity contribution < 1.29 is 14.3 Å². The third kappa shape index (κ3) is 4.54. The molecular formula is C24H29N3O3. The first-order valence-electron chi connectivity index (χ1n) is 10.3. The van der Waals surface area contributed by atoms with Crippen LogP contribution < -0.4 is 16.4 Å². The molecule has 1 aliphatic rings. The Labute approximate surface area is 177 Å². The van der Waals surface area contributed by atoms with Crippen LogP contribution in [0.15, 0.2) is 48.2 Å². The molecule has 0 unspecified atom stereocenters. The second-order valence-corrected chi connectivity index (χ2v) is 7.96. The number of nitrogens with one attached hydrogen (secondary N) is 2. The van der Waals surface area contributed by atoms with Gasteiger partial charge in [-0.2, -0.15) is 0 Å². The highest BCUT2D eigenvalue weighted by atomic mass is 16.5. The lowest BCUT2D eigenvalue weighted by Crippen LogP contribution is -2.28. The minimum absolute atomic E-state index is 0.179. The Kier molecular flexibility index (Phi) is 6.27. The van der Waals surface area contributed by atoms with E-state index in [0.717, 1.165) is 28.9 Å². The molecule has 0 atom stereocenters. The van der Waals surface area contributed by atoms with E-state index in [1.165, 1.54) is 0 Å². The normalized spacial score (nSPS) is 14.8. The van der Waals surface area contributed by atoms with Crippen molar-refractivity contribution in [2.45, 2.75) is 46.1 Å². The first kappa shape index (κ1) is 21.6. The highest BCUT2D eigenvalue weighted by Gasteiger charge is 2.28. The lowest BCUT2D eigenvalue weighted by molar-refractivity contribution is -0.110. The van der Waals surface area contributed by atoms with Gasteiger partial charge in [0.05, 0.1) is 23.4 Å². The van der Waals surface area contributed by atoms with Crippen LogP contribution in [0.5, 0.6) is 0 Å². The van der Waals surface area contributed by atoms with Crippen LogP contribution in [0.4, 0.5) is 11.4 Å². The van der Waals surface area contributed by atoms with Gasteiger partial charge in [-0.25, -0.2) is 4.79 Å². The van der Waals surface area contributed by atoms with Gasteiger partial charge in [-0.05, 0) is 57.0 Å². The zero-order chi connectivity index (χ0) is 21.9. The van der Waals surface area contributed by atoms with Gasteiger partial charge in [0.2, 0.25) is 0 Å². The van der Waals surface area contributed by atoms with Gasteiger partial charge in [-0.1, -0.05) is 31.5 Å². The second-order valence-electron chi connectivity index (χ2n) is 7.96. The third-order valence-corrected chi connectivity index (χ3v) is 5.00. The summed E-state index contributed by atoms with van der Waals surface area (Å²) in [6, 6.07) is 13.1. The summed E-state index contributed by atoms with van der Waals surface area (Å²) in [6.45, 7) is 8.06. The summed E-state index contributed by atoms with van der Waals surface area (Å²) in [5, 5.41) is 6.29. The summed E-state index contributed by atoms with van der Waals surface area (Å²) in [7, 11) is 0. The Bertz CT molecular complexity index is 986. The van der Waals surface area contributed by atoms with E-state index in [1.54, 1.807) is 25.1 Å². The third-order valence-electron chi connectivity index (χ3n) is 5.00. The number of esters is 1. The highest BCUT2D eigenvalue weighted by Crippen LogP contribution is 2.36. The SMILES string of the molecule is CCCC(Nc1ccc(C(C)(C)N)cc1)=C1C(=O)Nc2cc(C(=O)OCC)ccc21. The maximum absolute atomic E-state index is 12.8. The molecule has 1 heterocycles. The topological polar surface area (TPSA) is 93.5 Å². The lowest BCUT2D eigenvalue weighted by atomic mass is 9.95. The fraction of sp³-hybridized carbons (Fsp3) is 0.333. The predicted octanol–water partition coefficient (Wildman–Crippen LogP) is 4.63. The molecule has 2 aromatic rings. The van der Waals surface area contributed by atoms with Gasteiger partial charge in [0.15, 0.2) is 0 Å². The van der Waals surface area contributed by atoms with Crippen molar-refractivity contribution >= 4 is 28.8 Å². The molecule has 1 aliphatic heterocycles. The Morgan fingerprint density at radius 3 is 2.43 bits per heavy atom. The number of nitrogens with two attached hydrogens (primary N) is 1. The van der Waals surface area contributed by atoms with Crippen LogP contribution in [0.2, 0.25) is 0 Å². The van der Waals surface area contributed by atoms with Crippen molar-refractivity contribution in [1.82, 2.24) is 0 Å². The van der Waals surface area contributed by atoms with Crippen LogP contribution in [-0.2, 0) is 15.1 Å². The van der Waals surface area contributed by atoms with E-state index < -0.39 is 11.5 Å². The molecule has 30 heavy (non-hydrogen) atoms. The molecule has 0 aromatic heterocycles. The molecule has 0 saturated carbocycles. The van der Waals surface area contributed by atoms with Crippen LogP contribution in [0.25, 0.3) is 5.57 Å². The quantitative estimate of drug-likeness (QED) is 0.459. The van der Waals surface area contributed by atoms with Crippen molar-refractivity contribution in [3.05, 3.63) is 64.9 Å². The van der Waals surface area contributed by atoms with E-state index >= 15 is 0 Å². The lowest BCUT2D eigenvalue weighted by Gasteiger charge is -2.20.